The van der Waals surface area contributed by atoms with Crippen LogP contribution < -0.4 is 10.6 Å². The summed E-state index contributed by atoms with van der Waals surface area (Å²) in [6.07, 6.45) is 1.17. The third-order valence-electron chi connectivity index (χ3n) is 4.67. The highest BCUT2D eigenvalue weighted by Gasteiger charge is 2.25. The first-order valence-electron chi connectivity index (χ1n) is 9.60. The van der Waals surface area contributed by atoms with E-state index >= 15 is 0 Å². The molecule has 34 heavy (non-hydrogen) atoms. The van der Waals surface area contributed by atoms with Gasteiger partial charge in [0.25, 0.3) is 23.2 Å². The summed E-state index contributed by atoms with van der Waals surface area (Å²) in [5.74, 6) is -1.99. The first kappa shape index (κ1) is 24.1. The molecule has 13 heteroatoms. The van der Waals surface area contributed by atoms with Crippen LogP contribution in [-0.4, -0.2) is 31.4 Å². The zero-order valence-electron chi connectivity index (χ0n) is 17.8. The van der Waals surface area contributed by atoms with Gasteiger partial charge in [-0.1, -0.05) is 35.9 Å². The predicted octanol–water partition coefficient (Wildman–Crippen LogP) is 3.86. The Morgan fingerprint density at radius 1 is 0.941 bits per heavy atom. The molecule has 0 aliphatic heterocycles. The normalized spacial score (nSPS) is 10.3. The second-order valence-electron chi connectivity index (χ2n) is 6.93. The highest BCUT2D eigenvalue weighted by Crippen LogP contribution is 2.28. The number of nitrogens with zero attached hydrogens (tertiary/aromatic N) is 4. The number of para-hydroxylation sites is 4. The highest BCUT2D eigenvalue weighted by molar-refractivity contribution is 6.33. The SMILES string of the molecule is Cc1nn(C)c(Cl)c1C=C(C(=O)Nc1ccccc1[N+](=O)[O-])C(=O)Nc1ccccc1[N+](=O)[O-]. The Bertz CT molecular complexity index is 1280. The van der Waals surface area contributed by atoms with Crippen molar-refractivity contribution < 1.29 is 19.4 Å². The molecule has 12 nitrogen and oxygen atoms in total. The fourth-order valence-corrected chi connectivity index (χ4v) is 3.27. The number of carbonyl (C=O) groups excluding carboxylic acids is 2. The summed E-state index contributed by atoms with van der Waals surface area (Å²) in [5, 5.41) is 31.6. The van der Waals surface area contributed by atoms with Gasteiger partial charge in [0.15, 0.2) is 0 Å². The van der Waals surface area contributed by atoms with Gasteiger partial charge in [-0.05, 0) is 25.1 Å². The minimum absolute atomic E-state index is 0.131. The van der Waals surface area contributed by atoms with Crippen LogP contribution in [0.3, 0.4) is 0 Å². The number of anilines is 2. The number of halogens is 1. The lowest BCUT2D eigenvalue weighted by Crippen LogP contribution is -2.26. The second kappa shape index (κ2) is 9.92. The van der Waals surface area contributed by atoms with Crippen molar-refractivity contribution in [1.29, 1.82) is 0 Å². The van der Waals surface area contributed by atoms with Gasteiger partial charge in [0.05, 0.1) is 15.5 Å². The van der Waals surface area contributed by atoms with Crippen molar-refractivity contribution in [2.24, 2.45) is 7.05 Å². The number of nitro benzene ring substituents is 2. The van der Waals surface area contributed by atoms with Gasteiger partial charge in [-0.3, -0.25) is 34.5 Å². The van der Waals surface area contributed by atoms with E-state index in [1.807, 2.05) is 0 Å². The number of carbonyl (C=O) groups is 2. The summed E-state index contributed by atoms with van der Waals surface area (Å²) in [6, 6.07) is 10.8. The topological polar surface area (TPSA) is 162 Å². The Morgan fingerprint density at radius 3 is 1.76 bits per heavy atom. The molecular weight excluding hydrogens is 468 g/mol. The lowest BCUT2D eigenvalue weighted by Gasteiger charge is -2.11. The molecule has 2 amide bonds. The van der Waals surface area contributed by atoms with Crippen LogP contribution in [0.5, 0.6) is 0 Å². The number of nitrogens with one attached hydrogen (secondary N) is 2. The van der Waals surface area contributed by atoms with E-state index < -0.39 is 27.2 Å². The Labute approximate surface area is 197 Å². The molecule has 3 rings (SSSR count). The van der Waals surface area contributed by atoms with E-state index in [0.717, 1.165) is 0 Å². The molecular formula is C21H17ClN6O6. The van der Waals surface area contributed by atoms with E-state index in [0.29, 0.717) is 5.69 Å². The summed E-state index contributed by atoms with van der Waals surface area (Å²) >= 11 is 6.24. The molecule has 2 N–H and O–H groups in total. The van der Waals surface area contributed by atoms with Crippen LogP contribution in [0, 0.1) is 27.2 Å². The zero-order valence-corrected chi connectivity index (χ0v) is 18.6. The minimum atomic E-state index is -0.996. The predicted molar refractivity (Wildman–Crippen MR) is 124 cm³/mol. The number of aryl methyl sites for hydroxylation is 2. The molecule has 0 radical (unpaired) electrons. The summed E-state index contributed by atoms with van der Waals surface area (Å²) in [6.45, 7) is 1.61. The molecule has 0 saturated carbocycles. The van der Waals surface area contributed by atoms with E-state index in [1.54, 1.807) is 14.0 Å². The number of rotatable bonds is 7. The Morgan fingerprint density at radius 2 is 1.38 bits per heavy atom. The molecule has 0 saturated heterocycles. The number of hydrogen-bond acceptors (Lipinski definition) is 7. The quantitative estimate of drug-likeness (QED) is 0.169. The van der Waals surface area contributed by atoms with Crippen LogP contribution in [0.1, 0.15) is 11.3 Å². The molecule has 0 bridgehead atoms. The molecule has 0 spiro atoms. The van der Waals surface area contributed by atoms with E-state index in [1.165, 1.54) is 59.3 Å². The van der Waals surface area contributed by atoms with Gasteiger partial charge >= 0.3 is 0 Å². The van der Waals surface area contributed by atoms with Crippen molar-refractivity contribution in [2.45, 2.75) is 6.92 Å². The van der Waals surface area contributed by atoms with Crippen LogP contribution in [-0.2, 0) is 16.6 Å². The smallest absolute Gasteiger partial charge is 0.292 e. The molecule has 1 heterocycles. The van der Waals surface area contributed by atoms with Crippen LogP contribution in [0.15, 0.2) is 54.1 Å². The van der Waals surface area contributed by atoms with Gasteiger partial charge in [0.1, 0.15) is 22.1 Å². The molecule has 3 aromatic rings. The largest absolute Gasteiger partial charge is 0.316 e. The number of aromatic nitrogens is 2. The molecule has 174 valence electrons. The summed E-state index contributed by atoms with van der Waals surface area (Å²) < 4.78 is 1.33. The molecule has 0 fully saturated rings. The first-order chi connectivity index (χ1) is 16.1. The highest BCUT2D eigenvalue weighted by atomic mass is 35.5. The van der Waals surface area contributed by atoms with Crippen molar-refractivity contribution in [3.8, 4) is 0 Å². The van der Waals surface area contributed by atoms with Gasteiger partial charge in [0, 0.05) is 24.7 Å². The van der Waals surface area contributed by atoms with Crippen molar-refractivity contribution in [3.05, 3.63) is 90.7 Å². The van der Waals surface area contributed by atoms with Crippen LogP contribution in [0.25, 0.3) is 6.08 Å². The number of nitro groups is 2. The van der Waals surface area contributed by atoms with Crippen LogP contribution >= 0.6 is 11.6 Å². The Kier molecular flexibility index (Phi) is 7.02. The first-order valence-corrected chi connectivity index (χ1v) is 9.98. The monoisotopic (exact) mass is 484 g/mol. The maximum absolute atomic E-state index is 13.1. The van der Waals surface area contributed by atoms with E-state index in [4.69, 9.17) is 11.6 Å². The van der Waals surface area contributed by atoms with Crippen molar-refractivity contribution in [2.75, 3.05) is 10.6 Å². The summed E-state index contributed by atoms with van der Waals surface area (Å²) in [7, 11) is 1.56. The van der Waals surface area contributed by atoms with Gasteiger partial charge in [-0.25, -0.2) is 0 Å². The fourth-order valence-electron chi connectivity index (χ4n) is 3.05. The third-order valence-corrected chi connectivity index (χ3v) is 5.12. The van der Waals surface area contributed by atoms with Gasteiger partial charge in [0.2, 0.25) is 0 Å². The summed E-state index contributed by atoms with van der Waals surface area (Å²) in [4.78, 5) is 47.4. The second-order valence-corrected chi connectivity index (χ2v) is 7.29. The average Bonchev–Trinajstić information content (AvgIpc) is 3.03. The standard InChI is InChI=1S/C21H17ClN6O6/c1-12-13(19(22)26(2)25-12)11-14(20(29)23-15-7-3-5-9-17(15)27(31)32)21(30)24-16-8-4-6-10-18(16)28(33)34/h3-11H,1-2H3,(H,23,29)(H,24,30). The maximum Gasteiger partial charge on any atom is 0.292 e. The van der Waals surface area contributed by atoms with Crippen LogP contribution in [0.4, 0.5) is 22.7 Å². The van der Waals surface area contributed by atoms with Gasteiger partial charge < -0.3 is 10.6 Å². The number of benzene rings is 2. The van der Waals surface area contributed by atoms with Crippen molar-refractivity contribution in [1.82, 2.24) is 9.78 Å². The number of hydrogen-bond donors (Lipinski definition) is 2. The average molecular weight is 485 g/mol. The van der Waals surface area contributed by atoms with Gasteiger partial charge in [-0.2, -0.15) is 5.10 Å². The molecule has 0 unspecified atom stereocenters. The Hall–Kier alpha value is -4.58. The van der Waals surface area contributed by atoms with E-state index in [9.17, 15) is 29.8 Å². The summed E-state index contributed by atoms with van der Waals surface area (Å²) in [5.41, 5.74) is -0.896. The molecule has 2 aromatic carbocycles. The third kappa shape index (κ3) is 5.07. The maximum atomic E-state index is 13.1. The minimum Gasteiger partial charge on any atom is -0.316 e. The molecule has 0 atom stereocenters. The van der Waals surface area contributed by atoms with Crippen molar-refractivity contribution >= 4 is 52.2 Å². The zero-order chi connectivity index (χ0) is 25.0. The molecule has 0 aliphatic carbocycles. The van der Waals surface area contributed by atoms with Crippen LogP contribution in [0.2, 0.25) is 5.15 Å². The fraction of sp³-hybridized carbons (Fsp3) is 0.0952. The lowest BCUT2D eigenvalue weighted by molar-refractivity contribution is -0.384. The molecule has 0 aliphatic rings. The molecule has 1 aromatic heterocycles. The Balaban J connectivity index is 2.05. The number of amides is 2. The van der Waals surface area contributed by atoms with E-state index in [-0.39, 0.29) is 33.5 Å². The van der Waals surface area contributed by atoms with E-state index in [2.05, 4.69) is 15.7 Å². The van der Waals surface area contributed by atoms with Crippen molar-refractivity contribution in [3.63, 3.8) is 0 Å². The van der Waals surface area contributed by atoms with Gasteiger partial charge in [-0.15, -0.1) is 0 Å². The lowest BCUT2D eigenvalue weighted by atomic mass is 10.1.